The summed E-state index contributed by atoms with van der Waals surface area (Å²) in [7, 11) is 0. The third-order valence-electron chi connectivity index (χ3n) is 4.18. The van der Waals surface area contributed by atoms with Crippen molar-refractivity contribution in [3.05, 3.63) is 59.7 Å². The van der Waals surface area contributed by atoms with E-state index in [1.165, 1.54) is 12.1 Å². The number of urea groups is 1. The molecule has 0 radical (unpaired) electrons. The Bertz CT molecular complexity index is 827. The normalized spacial score (nSPS) is 12.9. The van der Waals surface area contributed by atoms with Crippen LogP contribution in [0.1, 0.15) is 35.2 Å². The van der Waals surface area contributed by atoms with Gasteiger partial charge in [0.05, 0.1) is 5.56 Å². The van der Waals surface area contributed by atoms with Crippen LogP contribution in [0.5, 0.6) is 0 Å². The Morgan fingerprint density at radius 1 is 0.889 bits per heavy atom. The molecule has 1 aliphatic carbocycles. The number of aromatic carboxylic acids is 1. The van der Waals surface area contributed by atoms with Crippen molar-refractivity contribution >= 4 is 29.3 Å². The van der Waals surface area contributed by atoms with Crippen LogP contribution in [-0.4, -0.2) is 29.1 Å². The number of carboxylic acid groups (broad SMARTS) is 1. The van der Waals surface area contributed by atoms with Gasteiger partial charge < -0.3 is 21.1 Å². The molecular formula is C20H21N3O4. The van der Waals surface area contributed by atoms with Gasteiger partial charge in [-0.05, 0) is 61.2 Å². The summed E-state index contributed by atoms with van der Waals surface area (Å²) in [6, 6.07) is 13.5. The topological polar surface area (TPSA) is 108 Å². The minimum absolute atomic E-state index is 0.135. The highest BCUT2D eigenvalue weighted by Gasteiger charge is 2.23. The number of benzene rings is 2. The van der Waals surface area contributed by atoms with Crippen LogP contribution in [-0.2, 0) is 11.2 Å². The molecule has 27 heavy (non-hydrogen) atoms. The Kier molecular flexibility index (Phi) is 5.71. The molecule has 0 bridgehead atoms. The van der Waals surface area contributed by atoms with Crippen LogP contribution in [0.25, 0.3) is 0 Å². The van der Waals surface area contributed by atoms with Crippen LogP contribution < -0.4 is 16.0 Å². The van der Waals surface area contributed by atoms with Crippen molar-refractivity contribution in [2.45, 2.75) is 31.7 Å². The van der Waals surface area contributed by atoms with Crippen molar-refractivity contribution in [2.75, 3.05) is 10.6 Å². The second kappa shape index (κ2) is 8.35. The maximum absolute atomic E-state index is 12.1. The molecule has 0 unspecified atom stereocenters. The van der Waals surface area contributed by atoms with Gasteiger partial charge in [0.2, 0.25) is 5.91 Å². The lowest BCUT2D eigenvalue weighted by Gasteiger charge is -2.09. The molecule has 7 heteroatoms. The number of nitrogens with one attached hydrogen (secondary N) is 3. The van der Waals surface area contributed by atoms with E-state index < -0.39 is 5.97 Å². The number of aryl methyl sites for hydroxylation is 1. The van der Waals surface area contributed by atoms with Gasteiger partial charge in [-0.1, -0.05) is 12.1 Å². The summed E-state index contributed by atoms with van der Waals surface area (Å²) in [4.78, 5) is 34.6. The number of carboxylic acids is 1. The van der Waals surface area contributed by atoms with Crippen LogP contribution >= 0.6 is 0 Å². The smallest absolute Gasteiger partial charge is 0.335 e. The van der Waals surface area contributed by atoms with Gasteiger partial charge in [0.25, 0.3) is 0 Å². The van der Waals surface area contributed by atoms with Crippen LogP contribution in [0.15, 0.2) is 48.5 Å². The van der Waals surface area contributed by atoms with Gasteiger partial charge in [-0.3, -0.25) is 4.79 Å². The molecule has 0 saturated heterocycles. The SMILES string of the molecule is O=C(CCc1ccc(C(=O)O)cc1)Nc1ccc(NC(=O)NC2CC2)cc1. The first-order valence-corrected chi connectivity index (χ1v) is 8.79. The van der Waals surface area contributed by atoms with E-state index in [0.29, 0.717) is 23.8 Å². The summed E-state index contributed by atoms with van der Waals surface area (Å²) in [5, 5.41) is 17.3. The van der Waals surface area contributed by atoms with Gasteiger partial charge in [-0.2, -0.15) is 0 Å². The molecule has 1 aliphatic rings. The van der Waals surface area contributed by atoms with Gasteiger partial charge in [-0.25, -0.2) is 9.59 Å². The summed E-state index contributed by atoms with van der Waals surface area (Å²) in [5.74, 6) is -1.10. The number of anilines is 2. The molecule has 0 aliphatic heterocycles. The zero-order valence-corrected chi connectivity index (χ0v) is 14.7. The van der Waals surface area contributed by atoms with Crippen molar-refractivity contribution in [3.8, 4) is 0 Å². The average Bonchev–Trinajstić information content (AvgIpc) is 3.46. The highest BCUT2D eigenvalue weighted by Crippen LogP contribution is 2.19. The van der Waals surface area contributed by atoms with Gasteiger partial charge in [0.15, 0.2) is 0 Å². The molecule has 7 nitrogen and oxygen atoms in total. The van der Waals surface area contributed by atoms with Crippen molar-refractivity contribution in [3.63, 3.8) is 0 Å². The van der Waals surface area contributed by atoms with Gasteiger partial charge in [0.1, 0.15) is 0 Å². The van der Waals surface area contributed by atoms with Crippen LogP contribution in [0.4, 0.5) is 16.2 Å². The largest absolute Gasteiger partial charge is 0.478 e. The van der Waals surface area contributed by atoms with Crippen LogP contribution in [0.3, 0.4) is 0 Å². The van der Waals surface area contributed by atoms with Gasteiger partial charge in [0, 0.05) is 23.8 Å². The Hall–Kier alpha value is -3.35. The summed E-state index contributed by atoms with van der Waals surface area (Å²) in [6.45, 7) is 0. The lowest BCUT2D eigenvalue weighted by molar-refractivity contribution is -0.116. The second-order valence-electron chi connectivity index (χ2n) is 6.50. The molecule has 4 N–H and O–H groups in total. The first kappa shape index (κ1) is 18.4. The van der Waals surface area contributed by atoms with Crippen molar-refractivity contribution < 1.29 is 19.5 Å². The number of carbonyl (C=O) groups is 3. The first-order valence-electron chi connectivity index (χ1n) is 8.79. The summed E-state index contributed by atoms with van der Waals surface area (Å²) in [5.41, 5.74) is 2.43. The number of rotatable bonds is 7. The number of amides is 3. The quantitative estimate of drug-likeness (QED) is 0.602. The molecule has 1 fully saturated rings. The van der Waals surface area contributed by atoms with Gasteiger partial charge >= 0.3 is 12.0 Å². The second-order valence-corrected chi connectivity index (χ2v) is 6.50. The monoisotopic (exact) mass is 367 g/mol. The number of hydrogen-bond donors (Lipinski definition) is 4. The molecule has 2 aromatic carbocycles. The molecule has 140 valence electrons. The minimum atomic E-state index is -0.970. The highest BCUT2D eigenvalue weighted by molar-refractivity contribution is 5.92. The zero-order chi connectivity index (χ0) is 19.2. The van der Waals surface area contributed by atoms with Gasteiger partial charge in [-0.15, -0.1) is 0 Å². The molecule has 1 saturated carbocycles. The average molecular weight is 367 g/mol. The lowest BCUT2D eigenvalue weighted by atomic mass is 10.1. The number of hydrogen-bond acceptors (Lipinski definition) is 3. The number of carbonyl (C=O) groups excluding carboxylic acids is 2. The maximum atomic E-state index is 12.1. The third-order valence-corrected chi connectivity index (χ3v) is 4.18. The maximum Gasteiger partial charge on any atom is 0.335 e. The molecule has 0 heterocycles. The van der Waals surface area contributed by atoms with Crippen molar-refractivity contribution in [1.29, 1.82) is 0 Å². The van der Waals surface area contributed by atoms with E-state index in [1.807, 2.05) is 0 Å². The molecule has 3 amide bonds. The van der Waals surface area contributed by atoms with E-state index in [0.717, 1.165) is 18.4 Å². The molecule has 2 aromatic rings. The predicted molar refractivity (Wildman–Crippen MR) is 102 cm³/mol. The summed E-state index contributed by atoms with van der Waals surface area (Å²) >= 11 is 0. The Morgan fingerprint density at radius 2 is 1.48 bits per heavy atom. The fourth-order valence-corrected chi connectivity index (χ4v) is 2.51. The molecular weight excluding hydrogens is 346 g/mol. The molecule has 0 atom stereocenters. The van der Waals surface area contributed by atoms with Crippen molar-refractivity contribution in [1.82, 2.24) is 5.32 Å². The predicted octanol–water partition coefficient (Wildman–Crippen LogP) is 3.24. The molecule has 3 rings (SSSR count). The standard InChI is InChI=1S/C20H21N3O4/c24-18(12-3-13-1-4-14(5-2-13)19(25)26)21-15-6-8-16(9-7-15)22-20(27)23-17-10-11-17/h1-2,4-9,17H,3,10-12H2,(H,21,24)(H,25,26)(H2,22,23,27). The van der Waals surface area contributed by atoms with E-state index in [1.54, 1.807) is 36.4 Å². The fraction of sp³-hybridized carbons (Fsp3) is 0.250. The molecule has 0 spiro atoms. The Morgan fingerprint density at radius 3 is 2.04 bits per heavy atom. The van der Waals surface area contributed by atoms with E-state index in [-0.39, 0.29) is 23.9 Å². The summed E-state index contributed by atoms with van der Waals surface area (Å²) < 4.78 is 0. The highest BCUT2D eigenvalue weighted by atomic mass is 16.4. The van der Waals surface area contributed by atoms with Crippen molar-refractivity contribution in [2.24, 2.45) is 0 Å². The lowest BCUT2D eigenvalue weighted by Crippen LogP contribution is -2.30. The van der Waals surface area contributed by atoms with Crippen LogP contribution in [0, 0.1) is 0 Å². The minimum Gasteiger partial charge on any atom is -0.478 e. The first-order chi connectivity index (χ1) is 13.0. The Balaban J connectivity index is 1.44. The molecule has 0 aromatic heterocycles. The zero-order valence-electron chi connectivity index (χ0n) is 14.7. The third kappa shape index (κ3) is 5.85. The Labute approximate surface area is 156 Å². The van der Waals surface area contributed by atoms with E-state index >= 15 is 0 Å². The van der Waals surface area contributed by atoms with E-state index in [2.05, 4.69) is 16.0 Å². The van der Waals surface area contributed by atoms with Crippen LogP contribution in [0.2, 0.25) is 0 Å². The van der Waals surface area contributed by atoms with E-state index in [9.17, 15) is 14.4 Å². The fourth-order valence-electron chi connectivity index (χ4n) is 2.51. The summed E-state index contributed by atoms with van der Waals surface area (Å²) in [6.07, 6.45) is 2.87. The van der Waals surface area contributed by atoms with E-state index in [4.69, 9.17) is 5.11 Å².